The number of rotatable bonds is 6. The number of furan rings is 1. The third-order valence-electron chi connectivity index (χ3n) is 4.32. The van der Waals surface area contributed by atoms with Gasteiger partial charge in [-0.05, 0) is 42.3 Å². The lowest BCUT2D eigenvalue weighted by atomic mass is 9.83. The molecule has 0 aromatic carbocycles. The number of aromatic nitrogens is 4. The minimum atomic E-state index is -0.732. The molecule has 8 nitrogen and oxygen atoms in total. The van der Waals surface area contributed by atoms with E-state index >= 15 is 0 Å². The number of hydrogen-bond donors (Lipinski definition) is 1. The molecular formula is C16H20N6O2S. The van der Waals surface area contributed by atoms with Crippen molar-refractivity contribution in [1.82, 2.24) is 25.5 Å². The highest BCUT2D eigenvalue weighted by molar-refractivity contribution is 8.00. The minimum Gasteiger partial charge on any atom is -0.467 e. The van der Waals surface area contributed by atoms with Gasteiger partial charge >= 0.3 is 0 Å². The summed E-state index contributed by atoms with van der Waals surface area (Å²) >= 11 is 1.27. The maximum atomic E-state index is 12.6. The molecule has 1 N–H and O–H groups in total. The molecule has 0 aliphatic heterocycles. The van der Waals surface area contributed by atoms with E-state index in [0.29, 0.717) is 24.5 Å². The van der Waals surface area contributed by atoms with Crippen LogP contribution in [0.2, 0.25) is 0 Å². The maximum Gasteiger partial charge on any atom is 0.234 e. The van der Waals surface area contributed by atoms with E-state index in [0.717, 1.165) is 25.0 Å². The second-order valence-electron chi connectivity index (χ2n) is 6.20. The van der Waals surface area contributed by atoms with Gasteiger partial charge in [-0.15, -0.1) is 5.10 Å². The van der Waals surface area contributed by atoms with E-state index in [2.05, 4.69) is 26.9 Å². The molecule has 0 spiro atoms. The molecule has 0 bridgehead atoms. The first-order valence-corrected chi connectivity index (χ1v) is 9.18. The molecule has 9 heteroatoms. The first-order valence-electron chi connectivity index (χ1n) is 8.30. The van der Waals surface area contributed by atoms with E-state index in [9.17, 15) is 10.1 Å². The van der Waals surface area contributed by atoms with Gasteiger partial charge in [-0.3, -0.25) is 4.79 Å². The van der Waals surface area contributed by atoms with Crippen LogP contribution >= 0.6 is 11.8 Å². The van der Waals surface area contributed by atoms with Crippen molar-refractivity contribution in [2.45, 2.75) is 61.5 Å². The van der Waals surface area contributed by atoms with Gasteiger partial charge in [0.15, 0.2) is 0 Å². The van der Waals surface area contributed by atoms with Gasteiger partial charge < -0.3 is 9.73 Å². The summed E-state index contributed by atoms with van der Waals surface area (Å²) in [6, 6.07) is 5.94. The van der Waals surface area contributed by atoms with Crippen LogP contribution in [0.3, 0.4) is 0 Å². The zero-order valence-electron chi connectivity index (χ0n) is 14.0. The normalized spacial score (nSPS) is 17.6. The number of nitrogens with one attached hydrogen (secondary N) is 1. The second-order valence-corrected chi connectivity index (χ2v) is 7.51. The van der Waals surface area contributed by atoms with Crippen LogP contribution in [0, 0.1) is 11.3 Å². The molecule has 132 valence electrons. The van der Waals surface area contributed by atoms with Gasteiger partial charge in [0, 0.05) is 0 Å². The Hall–Kier alpha value is -2.34. The standard InChI is InChI=1S/C16H20N6O2S/c1-12(14(23)18-16(11-17)7-3-2-4-8-16)25-15-19-20-21-22(15)10-13-6-5-9-24-13/h5-6,9,12H,2-4,7-8,10H2,1H3,(H,18,23). The largest absolute Gasteiger partial charge is 0.467 e. The van der Waals surface area contributed by atoms with Gasteiger partial charge in [0.1, 0.15) is 17.8 Å². The molecule has 0 saturated heterocycles. The van der Waals surface area contributed by atoms with Crippen molar-refractivity contribution < 1.29 is 9.21 Å². The average molecular weight is 360 g/mol. The molecule has 1 saturated carbocycles. The van der Waals surface area contributed by atoms with Crippen LogP contribution in [0.15, 0.2) is 28.0 Å². The predicted octanol–water partition coefficient (Wildman–Crippen LogP) is 2.14. The van der Waals surface area contributed by atoms with E-state index in [1.54, 1.807) is 23.9 Å². The van der Waals surface area contributed by atoms with Crippen molar-refractivity contribution in [1.29, 1.82) is 5.26 Å². The predicted molar refractivity (Wildman–Crippen MR) is 90.5 cm³/mol. The van der Waals surface area contributed by atoms with Crippen molar-refractivity contribution in [2.24, 2.45) is 0 Å². The molecule has 25 heavy (non-hydrogen) atoms. The topological polar surface area (TPSA) is 110 Å². The Balaban J connectivity index is 1.62. The van der Waals surface area contributed by atoms with Gasteiger partial charge in [0.2, 0.25) is 11.1 Å². The molecular weight excluding hydrogens is 340 g/mol. The molecule has 1 aliphatic rings. The first-order chi connectivity index (χ1) is 12.1. The van der Waals surface area contributed by atoms with Crippen molar-refractivity contribution in [3.05, 3.63) is 24.2 Å². The summed E-state index contributed by atoms with van der Waals surface area (Å²) in [7, 11) is 0. The molecule has 2 aromatic rings. The summed E-state index contributed by atoms with van der Waals surface area (Å²) < 4.78 is 6.89. The lowest BCUT2D eigenvalue weighted by Crippen LogP contribution is -2.51. The van der Waals surface area contributed by atoms with Gasteiger partial charge in [0.05, 0.1) is 17.6 Å². The number of tetrazole rings is 1. The number of nitrogens with zero attached hydrogens (tertiary/aromatic N) is 5. The van der Waals surface area contributed by atoms with Crippen LogP contribution in [0.1, 0.15) is 44.8 Å². The Kier molecular flexibility index (Phi) is 5.38. The Morgan fingerprint density at radius 2 is 2.32 bits per heavy atom. The zero-order valence-corrected chi connectivity index (χ0v) is 14.8. The lowest BCUT2D eigenvalue weighted by Gasteiger charge is -2.32. The molecule has 1 aliphatic carbocycles. The minimum absolute atomic E-state index is 0.166. The Morgan fingerprint density at radius 3 is 3.00 bits per heavy atom. The fraction of sp³-hybridized carbons (Fsp3) is 0.562. The lowest BCUT2D eigenvalue weighted by molar-refractivity contribution is -0.121. The Morgan fingerprint density at radius 1 is 1.52 bits per heavy atom. The van der Waals surface area contributed by atoms with E-state index in [1.165, 1.54) is 11.8 Å². The number of hydrogen-bond acceptors (Lipinski definition) is 7. The quantitative estimate of drug-likeness (QED) is 0.786. The van der Waals surface area contributed by atoms with E-state index < -0.39 is 10.8 Å². The van der Waals surface area contributed by atoms with Crippen LogP contribution < -0.4 is 5.32 Å². The van der Waals surface area contributed by atoms with Crippen LogP contribution in [-0.4, -0.2) is 36.9 Å². The fourth-order valence-corrected chi connectivity index (χ4v) is 3.69. The molecule has 1 unspecified atom stereocenters. The Bertz CT molecular complexity index is 745. The summed E-state index contributed by atoms with van der Waals surface area (Å²) in [4.78, 5) is 12.6. The summed E-state index contributed by atoms with van der Waals surface area (Å²) in [6.45, 7) is 2.19. The maximum absolute atomic E-state index is 12.6. The van der Waals surface area contributed by atoms with Crippen molar-refractivity contribution >= 4 is 17.7 Å². The number of amides is 1. The Labute approximate surface area is 150 Å². The average Bonchev–Trinajstić information content (AvgIpc) is 3.28. The monoisotopic (exact) mass is 360 g/mol. The summed E-state index contributed by atoms with van der Waals surface area (Å²) in [5.74, 6) is 0.567. The summed E-state index contributed by atoms with van der Waals surface area (Å²) in [5.41, 5.74) is -0.732. The second kappa shape index (κ2) is 7.70. The highest BCUT2D eigenvalue weighted by atomic mass is 32.2. The summed E-state index contributed by atoms with van der Waals surface area (Å²) in [6.07, 6.45) is 6.07. The summed E-state index contributed by atoms with van der Waals surface area (Å²) in [5, 5.41) is 24.2. The van der Waals surface area contributed by atoms with Gasteiger partial charge in [0.25, 0.3) is 0 Å². The first kappa shape index (κ1) is 17.5. The van der Waals surface area contributed by atoms with Crippen molar-refractivity contribution in [3.63, 3.8) is 0 Å². The van der Waals surface area contributed by atoms with Crippen molar-refractivity contribution in [2.75, 3.05) is 0 Å². The van der Waals surface area contributed by atoms with E-state index in [1.807, 2.05) is 6.07 Å². The van der Waals surface area contributed by atoms with Crippen molar-refractivity contribution in [3.8, 4) is 6.07 Å². The van der Waals surface area contributed by atoms with Crippen LogP contribution in [0.4, 0.5) is 0 Å². The number of carbonyl (C=O) groups is 1. The van der Waals surface area contributed by atoms with E-state index in [4.69, 9.17) is 4.42 Å². The third kappa shape index (κ3) is 4.20. The molecule has 1 amide bonds. The highest BCUT2D eigenvalue weighted by Gasteiger charge is 2.35. The van der Waals surface area contributed by atoms with Gasteiger partial charge in [-0.2, -0.15) is 5.26 Å². The van der Waals surface area contributed by atoms with Gasteiger partial charge in [-0.1, -0.05) is 31.0 Å². The zero-order chi connectivity index (χ0) is 17.7. The SMILES string of the molecule is CC(Sc1nnnn1Cc1ccco1)C(=O)NC1(C#N)CCCCC1. The molecule has 1 fully saturated rings. The molecule has 2 aromatic heterocycles. The highest BCUT2D eigenvalue weighted by Crippen LogP contribution is 2.29. The number of carbonyl (C=O) groups excluding carboxylic acids is 1. The van der Waals surface area contributed by atoms with Gasteiger partial charge in [-0.25, -0.2) is 4.68 Å². The molecule has 2 heterocycles. The van der Waals surface area contributed by atoms with Crippen LogP contribution in [0.25, 0.3) is 0 Å². The molecule has 1 atom stereocenters. The molecule has 3 rings (SSSR count). The number of thioether (sulfide) groups is 1. The number of nitriles is 1. The third-order valence-corrected chi connectivity index (χ3v) is 5.39. The van der Waals surface area contributed by atoms with Crippen LogP contribution in [0.5, 0.6) is 0 Å². The molecule has 0 radical (unpaired) electrons. The smallest absolute Gasteiger partial charge is 0.234 e. The van der Waals surface area contributed by atoms with E-state index in [-0.39, 0.29) is 5.91 Å². The van der Waals surface area contributed by atoms with Crippen LogP contribution in [-0.2, 0) is 11.3 Å². The fourth-order valence-electron chi connectivity index (χ4n) is 2.90.